The molecule has 21 heavy (non-hydrogen) atoms. The molecule has 1 aliphatic heterocycles. The van der Waals surface area contributed by atoms with Gasteiger partial charge in [0.1, 0.15) is 5.82 Å². The number of likely N-dealkylation sites (tertiary alicyclic amines) is 1. The third kappa shape index (κ3) is 3.96. The van der Waals surface area contributed by atoms with Gasteiger partial charge >= 0.3 is 0 Å². The molecule has 0 amide bonds. The van der Waals surface area contributed by atoms with Gasteiger partial charge in [0.05, 0.1) is 6.54 Å². The first-order valence-corrected chi connectivity index (χ1v) is 7.70. The number of nitrogens with two attached hydrogens (primary N) is 1. The first-order chi connectivity index (χ1) is 9.90. The average Bonchev–Trinajstić information content (AvgIpc) is 2.45. The predicted molar refractivity (Wildman–Crippen MR) is 85.9 cm³/mol. The molecule has 0 spiro atoms. The average molecular weight is 291 g/mol. The summed E-state index contributed by atoms with van der Waals surface area (Å²) in [4.78, 5) is 6.67. The van der Waals surface area contributed by atoms with Crippen molar-refractivity contribution < 1.29 is 4.39 Å². The Kier molecular flexibility index (Phi) is 4.86. The summed E-state index contributed by atoms with van der Waals surface area (Å²) in [5.74, 6) is 1.07. The minimum atomic E-state index is -0.364. The summed E-state index contributed by atoms with van der Waals surface area (Å²) in [5.41, 5.74) is 6.44. The van der Waals surface area contributed by atoms with Crippen LogP contribution in [0.25, 0.3) is 0 Å². The van der Waals surface area contributed by atoms with E-state index in [4.69, 9.17) is 5.73 Å². The first kappa shape index (κ1) is 15.8. The molecule has 1 unspecified atom stereocenters. The highest BCUT2D eigenvalue weighted by molar-refractivity contribution is 5.78. The number of piperidine rings is 1. The lowest BCUT2D eigenvalue weighted by atomic mass is 9.84. The van der Waals surface area contributed by atoms with Crippen LogP contribution in [-0.4, -0.2) is 30.5 Å². The van der Waals surface area contributed by atoms with E-state index in [1.54, 1.807) is 6.07 Å². The van der Waals surface area contributed by atoms with Gasteiger partial charge in [-0.05, 0) is 30.4 Å². The molecular weight excluding hydrogens is 265 g/mol. The normalized spacial score (nSPS) is 20.7. The van der Waals surface area contributed by atoms with Crippen molar-refractivity contribution in [2.45, 2.75) is 39.0 Å². The summed E-state index contributed by atoms with van der Waals surface area (Å²) in [7, 11) is 0. The molecule has 3 nitrogen and oxygen atoms in total. The Morgan fingerprint density at radius 2 is 2.14 bits per heavy atom. The standard InChI is InChI=1S/C17H26FN3/c1-13-7-6-10-21(11-13)16(19)20-12-17(2,3)14-8-4-5-9-15(14)18/h4-5,8-9,13H,6-7,10-12H2,1-3H3,(H2,19,20). The molecule has 1 aromatic carbocycles. The highest BCUT2D eigenvalue weighted by Gasteiger charge is 2.24. The quantitative estimate of drug-likeness (QED) is 0.686. The topological polar surface area (TPSA) is 41.6 Å². The number of hydrogen-bond acceptors (Lipinski definition) is 1. The van der Waals surface area contributed by atoms with Crippen molar-refractivity contribution in [2.75, 3.05) is 19.6 Å². The Hall–Kier alpha value is -1.58. The molecule has 1 heterocycles. The number of nitrogens with zero attached hydrogens (tertiary/aromatic N) is 2. The molecule has 1 aliphatic rings. The fraction of sp³-hybridized carbons (Fsp3) is 0.588. The van der Waals surface area contributed by atoms with Gasteiger partial charge in [-0.2, -0.15) is 0 Å². The van der Waals surface area contributed by atoms with Gasteiger partial charge < -0.3 is 10.6 Å². The van der Waals surface area contributed by atoms with E-state index in [-0.39, 0.29) is 11.2 Å². The lowest BCUT2D eigenvalue weighted by Gasteiger charge is -2.32. The molecule has 1 atom stereocenters. The maximum atomic E-state index is 13.9. The van der Waals surface area contributed by atoms with Crippen LogP contribution in [0.2, 0.25) is 0 Å². The molecule has 1 fully saturated rings. The third-order valence-electron chi connectivity index (χ3n) is 4.22. The van der Waals surface area contributed by atoms with Crippen LogP contribution in [0.3, 0.4) is 0 Å². The van der Waals surface area contributed by atoms with Gasteiger partial charge in [0.25, 0.3) is 0 Å². The minimum Gasteiger partial charge on any atom is -0.370 e. The smallest absolute Gasteiger partial charge is 0.191 e. The Bertz CT molecular complexity index is 511. The SMILES string of the molecule is CC1CCCN(C(N)=NCC(C)(C)c2ccccc2F)C1. The van der Waals surface area contributed by atoms with E-state index in [0.29, 0.717) is 24.0 Å². The molecule has 0 bridgehead atoms. The van der Waals surface area contributed by atoms with Crippen molar-refractivity contribution in [3.8, 4) is 0 Å². The molecule has 116 valence electrons. The van der Waals surface area contributed by atoms with Gasteiger partial charge in [-0.25, -0.2) is 4.39 Å². The predicted octanol–water partition coefficient (Wildman–Crippen LogP) is 3.15. The highest BCUT2D eigenvalue weighted by Crippen LogP contribution is 2.26. The fourth-order valence-electron chi connectivity index (χ4n) is 2.87. The van der Waals surface area contributed by atoms with Crippen LogP contribution in [0.1, 0.15) is 39.2 Å². The van der Waals surface area contributed by atoms with Crippen LogP contribution in [0, 0.1) is 11.7 Å². The molecule has 0 saturated carbocycles. The summed E-state index contributed by atoms with van der Waals surface area (Å²) >= 11 is 0. The van der Waals surface area contributed by atoms with Crippen molar-refractivity contribution in [1.29, 1.82) is 0 Å². The van der Waals surface area contributed by atoms with Crippen molar-refractivity contribution in [3.63, 3.8) is 0 Å². The molecule has 2 N–H and O–H groups in total. The monoisotopic (exact) mass is 291 g/mol. The van der Waals surface area contributed by atoms with Crippen LogP contribution in [0.5, 0.6) is 0 Å². The number of hydrogen-bond donors (Lipinski definition) is 1. The van der Waals surface area contributed by atoms with Crippen molar-refractivity contribution in [2.24, 2.45) is 16.6 Å². The Morgan fingerprint density at radius 1 is 1.43 bits per heavy atom. The van der Waals surface area contributed by atoms with Gasteiger partial charge in [0.15, 0.2) is 5.96 Å². The van der Waals surface area contributed by atoms with Crippen LogP contribution < -0.4 is 5.73 Å². The number of aliphatic imine (C=N–C) groups is 1. The molecule has 4 heteroatoms. The Labute approximate surface area is 127 Å². The zero-order chi connectivity index (χ0) is 15.5. The lowest BCUT2D eigenvalue weighted by Crippen LogP contribution is -2.44. The van der Waals surface area contributed by atoms with Gasteiger partial charge in [0.2, 0.25) is 0 Å². The molecule has 1 aromatic rings. The first-order valence-electron chi connectivity index (χ1n) is 7.70. The summed E-state index contributed by atoms with van der Waals surface area (Å²) < 4.78 is 13.9. The van der Waals surface area contributed by atoms with E-state index in [1.807, 2.05) is 26.0 Å². The summed E-state index contributed by atoms with van der Waals surface area (Å²) in [6.07, 6.45) is 2.42. The maximum Gasteiger partial charge on any atom is 0.191 e. The highest BCUT2D eigenvalue weighted by atomic mass is 19.1. The van der Waals surface area contributed by atoms with Gasteiger partial charge in [-0.15, -0.1) is 0 Å². The number of guanidine groups is 1. The number of halogens is 1. The molecular formula is C17H26FN3. The van der Waals surface area contributed by atoms with E-state index in [2.05, 4.69) is 16.8 Å². The van der Waals surface area contributed by atoms with E-state index in [9.17, 15) is 4.39 Å². The number of rotatable bonds is 3. The van der Waals surface area contributed by atoms with E-state index < -0.39 is 0 Å². The molecule has 0 radical (unpaired) electrons. The lowest BCUT2D eigenvalue weighted by molar-refractivity contribution is 0.269. The molecule has 2 rings (SSSR count). The van der Waals surface area contributed by atoms with E-state index in [1.165, 1.54) is 12.5 Å². The summed E-state index contributed by atoms with van der Waals surface area (Å²) in [6.45, 7) is 8.67. The Balaban J connectivity index is 2.06. The van der Waals surface area contributed by atoms with Crippen molar-refractivity contribution in [1.82, 2.24) is 4.90 Å². The largest absolute Gasteiger partial charge is 0.370 e. The molecule has 0 aromatic heterocycles. The van der Waals surface area contributed by atoms with Gasteiger partial charge in [-0.1, -0.05) is 39.0 Å². The van der Waals surface area contributed by atoms with Gasteiger partial charge in [0, 0.05) is 18.5 Å². The fourth-order valence-corrected chi connectivity index (χ4v) is 2.87. The van der Waals surface area contributed by atoms with E-state index >= 15 is 0 Å². The third-order valence-corrected chi connectivity index (χ3v) is 4.22. The Morgan fingerprint density at radius 3 is 2.81 bits per heavy atom. The minimum absolute atomic E-state index is 0.178. The summed E-state index contributed by atoms with van der Waals surface area (Å²) in [5, 5.41) is 0. The van der Waals surface area contributed by atoms with Gasteiger partial charge in [-0.3, -0.25) is 4.99 Å². The molecule has 0 aliphatic carbocycles. The zero-order valence-electron chi connectivity index (χ0n) is 13.3. The van der Waals surface area contributed by atoms with Crippen LogP contribution in [0.4, 0.5) is 4.39 Å². The van der Waals surface area contributed by atoms with Crippen molar-refractivity contribution in [3.05, 3.63) is 35.6 Å². The maximum absolute atomic E-state index is 13.9. The molecule has 1 saturated heterocycles. The second kappa shape index (κ2) is 6.46. The van der Waals surface area contributed by atoms with Crippen LogP contribution in [0.15, 0.2) is 29.3 Å². The van der Waals surface area contributed by atoms with E-state index in [0.717, 1.165) is 19.5 Å². The van der Waals surface area contributed by atoms with Crippen molar-refractivity contribution >= 4 is 5.96 Å². The van der Waals surface area contributed by atoms with Crippen LogP contribution >= 0.6 is 0 Å². The summed E-state index contributed by atoms with van der Waals surface area (Å²) in [6, 6.07) is 6.89. The van der Waals surface area contributed by atoms with Crippen LogP contribution in [-0.2, 0) is 5.41 Å². The second-order valence-electron chi connectivity index (χ2n) is 6.73. The second-order valence-corrected chi connectivity index (χ2v) is 6.73. The zero-order valence-corrected chi connectivity index (χ0v) is 13.3. The number of benzene rings is 1.